The zero-order chi connectivity index (χ0) is 14.0. The van der Waals surface area contributed by atoms with E-state index in [0.717, 1.165) is 13.0 Å². The van der Waals surface area contributed by atoms with Crippen molar-refractivity contribution < 1.29 is 8.42 Å². The topological polar surface area (TPSA) is 49.4 Å². The summed E-state index contributed by atoms with van der Waals surface area (Å²) in [6.07, 6.45) is 0.859. The van der Waals surface area contributed by atoms with Crippen molar-refractivity contribution in [1.29, 1.82) is 0 Å². The molecule has 0 spiro atoms. The lowest BCUT2D eigenvalue weighted by Gasteiger charge is -2.17. The number of rotatable bonds is 4. The maximum Gasteiger partial charge on any atom is 0.244 e. The van der Waals surface area contributed by atoms with Gasteiger partial charge >= 0.3 is 0 Å². The molecule has 0 amide bonds. The summed E-state index contributed by atoms with van der Waals surface area (Å²) >= 11 is 11.9. The summed E-state index contributed by atoms with van der Waals surface area (Å²) in [7, 11) is -1.69. The molecular weight excluding hydrogens is 307 g/mol. The van der Waals surface area contributed by atoms with Crippen LogP contribution in [0.4, 0.5) is 0 Å². The Hall–Kier alpha value is -0.330. The highest BCUT2D eigenvalue weighted by Gasteiger charge is 2.33. The molecule has 0 aromatic heterocycles. The lowest BCUT2D eigenvalue weighted by Crippen LogP contribution is -2.30. The summed E-state index contributed by atoms with van der Waals surface area (Å²) < 4.78 is 26.5. The molecule has 1 aliphatic heterocycles. The van der Waals surface area contributed by atoms with Crippen molar-refractivity contribution in [2.45, 2.75) is 11.3 Å². The molecule has 1 aromatic rings. The summed E-state index contributed by atoms with van der Waals surface area (Å²) in [4.78, 5) is 0.0896. The second kappa shape index (κ2) is 5.97. The van der Waals surface area contributed by atoms with Gasteiger partial charge in [-0.1, -0.05) is 29.3 Å². The van der Waals surface area contributed by atoms with Gasteiger partial charge in [-0.2, -0.15) is 4.31 Å². The van der Waals surface area contributed by atoms with Gasteiger partial charge < -0.3 is 5.32 Å². The minimum absolute atomic E-state index is 0.0896. The van der Waals surface area contributed by atoms with Crippen LogP contribution in [0.25, 0.3) is 0 Å². The van der Waals surface area contributed by atoms with E-state index in [2.05, 4.69) is 5.32 Å². The molecule has 1 fully saturated rings. The van der Waals surface area contributed by atoms with Crippen LogP contribution in [0, 0.1) is 5.92 Å². The van der Waals surface area contributed by atoms with Crippen molar-refractivity contribution in [3.63, 3.8) is 0 Å². The van der Waals surface area contributed by atoms with Crippen molar-refractivity contribution in [2.75, 3.05) is 26.7 Å². The molecule has 1 aromatic carbocycles. The van der Waals surface area contributed by atoms with E-state index in [4.69, 9.17) is 23.2 Å². The Balaban J connectivity index is 2.26. The minimum Gasteiger partial charge on any atom is -0.319 e. The molecule has 4 nitrogen and oxygen atoms in total. The third-order valence-electron chi connectivity index (χ3n) is 3.28. The first-order chi connectivity index (χ1) is 8.96. The van der Waals surface area contributed by atoms with Crippen LogP contribution in [0.1, 0.15) is 6.42 Å². The quantitative estimate of drug-likeness (QED) is 0.924. The maximum absolute atomic E-state index is 12.5. The number of nitrogens with zero attached hydrogens (tertiary/aromatic N) is 1. The second-order valence-electron chi connectivity index (χ2n) is 4.63. The van der Waals surface area contributed by atoms with Crippen LogP contribution in [0.2, 0.25) is 10.0 Å². The van der Waals surface area contributed by atoms with Gasteiger partial charge in [0.25, 0.3) is 0 Å². The van der Waals surface area contributed by atoms with Crippen LogP contribution in [0.3, 0.4) is 0 Å². The van der Waals surface area contributed by atoms with Gasteiger partial charge in [0.05, 0.1) is 10.0 Å². The first-order valence-electron chi connectivity index (χ1n) is 6.05. The third-order valence-corrected chi connectivity index (χ3v) is 6.11. The van der Waals surface area contributed by atoms with Gasteiger partial charge in [-0.3, -0.25) is 0 Å². The molecule has 1 saturated heterocycles. The Morgan fingerprint density at radius 1 is 1.42 bits per heavy atom. The highest BCUT2D eigenvalue weighted by Crippen LogP contribution is 2.32. The number of hydrogen-bond donors (Lipinski definition) is 1. The largest absolute Gasteiger partial charge is 0.319 e. The highest BCUT2D eigenvalue weighted by molar-refractivity contribution is 7.89. The molecule has 0 saturated carbocycles. The van der Waals surface area contributed by atoms with Crippen molar-refractivity contribution in [2.24, 2.45) is 5.92 Å². The van der Waals surface area contributed by atoms with E-state index in [0.29, 0.717) is 19.0 Å². The van der Waals surface area contributed by atoms with Crippen LogP contribution in [0.5, 0.6) is 0 Å². The van der Waals surface area contributed by atoms with Gasteiger partial charge in [0.1, 0.15) is 4.90 Å². The Labute approximate surface area is 123 Å². The number of benzene rings is 1. The molecule has 0 aliphatic carbocycles. The third kappa shape index (κ3) is 3.06. The first-order valence-corrected chi connectivity index (χ1v) is 8.25. The predicted molar refractivity (Wildman–Crippen MR) is 77.3 cm³/mol. The molecule has 1 atom stereocenters. The Kier molecular flexibility index (Phi) is 4.74. The van der Waals surface area contributed by atoms with Crippen molar-refractivity contribution in [1.82, 2.24) is 9.62 Å². The van der Waals surface area contributed by atoms with E-state index in [1.54, 1.807) is 12.1 Å². The van der Waals surface area contributed by atoms with Gasteiger partial charge in [-0.25, -0.2) is 8.42 Å². The first kappa shape index (κ1) is 15.1. The molecule has 0 unspecified atom stereocenters. The van der Waals surface area contributed by atoms with Gasteiger partial charge in [0.15, 0.2) is 0 Å². The zero-order valence-corrected chi connectivity index (χ0v) is 12.9. The molecule has 1 heterocycles. The Morgan fingerprint density at radius 2 is 2.16 bits per heavy atom. The summed E-state index contributed by atoms with van der Waals surface area (Å²) in [5, 5.41) is 3.43. The molecule has 106 valence electrons. The molecule has 1 aliphatic rings. The van der Waals surface area contributed by atoms with Crippen molar-refractivity contribution >= 4 is 33.2 Å². The van der Waals surface area contributed by atoms with Crippen LogP contribution in [0.15, 0.2) is 23.1 Å². The SMILES string of the molecule is CNC[C@H]1CCN(S(=O)(=O)c2cccc(Cl)c2Cl)C1. The van der Waals surface area contributed by atoms with Gasteiger partial charge in [-0.05, 0) is 38.1 Å². The fraction of sp³-hybridized carbons (Fsp3) is 0.500. The van der Waals surface area contributed by atoms with Crippen LogP contribution >= 0.6 is 23.2 Å². The molecule has 0 bridgehead atoms. The van der Waals surface area contributed by atoms with E-state index < -0.39 is 10.0 Å². The molecule has 0 radical (unpaired) electrons. The highest BCUT2D eigenvalue weighted by atomic mass is 35.5. The summed E-state index contributed by atoms with van der Waals surface area (Å²) in [6, 6.07) is 4.67. The van der Waals surface area contributed by atoms with E-state index >= 15 is 0 Å². The molecule has 1 N–H and O–H groups in total. The standard InChI is InChI=1S/C12H16Cl2N2O2S/c1-15-7-9-5-6-16(8-9)19(17,18)11-4-2-3-10(13)12(11)14/h2-4,9,15H,5-8H2,1H3/t9-/m1/s1. The fourth-order valence-electron chi connectivity index (χ4n) is 2.29. The number of hydrogen-bond acceptors (Lipinski definition) is 3. The summed E-state index contributed by atoms with van der Waals surface area (Å²) in [6.45, 7) is 1.86. The fourth-order valence-corrected chi connectivity index (χ4v) is 4.56. The lowest BCUT2D eigenvalue weighted by molar-refractivity contribution is 0.451. The van der Waals surface area contributed by atoms with Crippen LogP contribution < -0.4 is 5.32 Å². The Bertz CT molecular complexity index is 563. The van der Waals surface area contributed by atoms with Crippen LogP contribution in [-0.2, 0) is 10.0 Å². The van der Waals surface area contributed by atoms with Gasteiger partial charge in [0.2, 0.25) is 10.0 Å². The maximum atomic E-state index is 12.5. The monoisotopic (exact) mass is 322 g/mol. The number of sulfonamides is 1. The average molecular weight is 323 g/mol. The van der Waals surface area contributed by atoms with Crippen molar-refractivity contribution in [3.05, 3.63) is 28.2 Å². The smallest absolute Gasteiger partial charge is 0.244 e. The predicted octanol–water partition coefficient (Wildman–Crippen LogP) is 2.22. The van der Waals surface area contributed by atoms with Gasteiger partial charge in [-0.15, -0.1) is 0 Å². The summed E-state index contributed by atoms with van der Waals surface area (Å²) in [5.41, 5.74) is 0. The van der Waals surface area contributed by atoms with E-state index in [-0.39, 0.29) is 14.9 Å². The molecule has 7 heteroatoms. The van der Waals surface area contributed by atoms with Gasteiger partial charge in [0, 0.05) is 13.1 Å². The van der Waals surface area contributed by atoms with E-state index in [1.165, 1.54) is 10.4 Å². The molecular formula is C12H16Cl2N2O2S. The van der Waals surface area contributed by atoms with Crippen LogP contribution in [-0.4, -0.2) is 39.4 Å². The van der Waals surface area contributed by atoms with Crippen molar-refractivity contribution in [3.8, 4) is 0 Å². The summed E-state index contributed by atoms with van der Waals surface area (Å²) in [5.74, 6) is 0.345. The van der Waals surface area contributed by atoms with E-state index in [9.17, 15) is 8.42 Å². The molecule has 2 rings (SSSR count). The lowest BCUT2D eigenvalue weighted by atomic mass is 10.1. The normalized spacial score (nSPS) is 20.9. The number of nitrogens with one attached hydrogen (secondary N) is 1. The van der Waals surface area contributed by atoms with E-state index in [1.807, 2.05) is 7.05 Å². The second-order valence-corrected chi connectivity index (χ2v) is 7.32. The Morgan fingerprint density at radius 3 is 2.84 bits per heavy atom. The number of halogens is 2. The average Bonchev–Trinajstić information content (AvgIpc) is 2.82. The minimum atomic E-state index is -3.55. The molecule has 19 heavy (non-hydrogen) atoms. The zero-order valence-electron chi connectivity index (χ0n) is 10.6.